The average Bonchev–Trinajstić information content (AvgIpc) is 2.74. The standard InChI is InChI=1S/C22H23N3O3/c1-25(15-16-7-5-4-6-8-16)22(26)17-11-12-23-21(13-17)24-18-9-10-19(27-2)20(14-18)28-3/h4-14H,15H2,1-3H3,(H,23,24). The van der Waals surface area contributed by atoms with E-state index in [-0.39, 0.29) is 5.91 Å². The number of aromatic nitrogens is 1. The molecule has 0 radical (unpaired) electrons. The molecule has 28 heavy (non-hydrogen) atoms. The van der Waals surface area contributed by atoms with E-state index < -0.39 is 0 Å². The molecule has 1 heterocycles. The topological polar surface area (TPSA) is 63.7 Å². The molecule has 3 aromatic rings. The van der Waals surface area contributed by atoms with Crippen LogP contribution in [-0.4, -0.2) is 37.1 Å². The van der Waals surface area contributed by atoms with Crippen molar-refractivity contribution in [1.82, 2.24) is 9.88 Å². The lowest BCUT2D eigenvalue weighted by Crippen LogP contribution is -2.26. The molecular formula is C22H23N3O3. The summed E-state index contributed by atoms with van der Waals surface area (Å²) in [6.45, 7) is 0.542. The molecule has 0 saturated carbocycles. The number of pyridine rings is 1. The molecule has 0 saturated heterocycles. The first-order chi connectivity index (χ1) is 13.6. The third kappa shape index (κ3) is 4.59. The summed E-state index contributed by atoms with van der Waals surface area (Å²) in [5.41, 5.74) is 2.43. The molecule has 6 heteroatoms. The second kappa shape index (κ2) is 8.90. The first-order valence-electron chi connectivity index (χ1n) is 8.85. The molecule has 0 fully saturated rings. The predicted molar refractivity (Wildman–Crippen MR) is 109 cm³/mol. The number of hydrogen-bond acceptors (Lipinski definition) is 5. The minimum Gasteiger partial charge on any atom is -0.493 e. The van der Waals surface area contributed by atoms with Gasteiger partial charge in [0.2, 0.25) is 0 Å². The summed E-state index contributed by atoms with van der Waals surface area (Å²) < 4.78 is 10.6. The van der Waals surface area contributed by atoms with E-state index in [0.717, 1.165) is 11.3 Å². The molecule has 3 rings (SSSR count). The summed E-state index contributed by atoms with van der Waals surface area (Å²) >= 11 is 0. The highest BCUT2D eigenvalue weighted by Crippen LogP contribution is 2.30. The summed E-state index contributed by atoms with van der Waals surface area (Å²) in [7, 11) is 4.96. The zero-order valence-electron chi connectivity index (χ0n) is 16.2. The molecule has 0 bridgehead atoms. The van der Waals surface area contributed by atoms with Crippen molar-refractivity contribution in [3.8, 4) is 11.5 Å². The molecule has 1 N–H and O–H groups in total. The van der Waals surface area contributed by atoms with Crippen molar-refractivity contribution in [2.24, 2.45) is 0 Å². The Labute approximate surface area is 164 Å². The normalized spacial score (nSPS) is 10.2. The van der Waals surface area contributed by atoms with Gasteiger partial charge in [0.15, 0.2) is 11.5 Å². The molecular weight excluding hydrogens is 354 g/mol. The number of nitrogens with zero attached hydrogens (tertiary/aromatic N) is 2. The number of carbonyl (C=O) groups excluding carboxylic acids is 1. The molecule has 0 atom stereocenters. The summed E-state index contributed by atoms with van der Waals surface area (Å²) in [6.07, 6.45) is 1.62. The highest BCUT2D eigenvalue weighted by molar-refractivity contribution is 5.94. The van der Waals surface area contributed by atoms with Crippen LogP contribution in [-0.2, 0) is 6.54 Å². The zero-order chi connectivity index (χ0) is 19.9. The first kappa shape index (κ1) is 19.2. The quantitative estimate of drug-likeness (QED) is 0.671. The van der Waals surface area contributed by atoms with Crippen LogP contribution in [0, 0.1) is 0 Å². The van der Waals surface area contributed by atoms with Gasteiger partial charge in [-0.05, 0) is 29.8 Å². The van der Waals surface area contributed by atoms with Gasteiger partial charge in [0, 0.05) is 37.1 Å². The lowest BCUT2D eigenvalue weighted by atomic mass is 10.2. The fourth-order valence-corrected chi connectivity index (χ4v) is 2.84. The van der Waals surface area contributed by atoms with E-state index in [1.54, 1.807) is 44.5 Å². The number of hydrogen-bond donors (Lipinski definition) is 1. The number of nitrogens with one attached hydrogen (secondary N) is 1. The molecule has 6 nitrogen and oxygen atoms in total. The maximum Gasteiger partial charge on any atom is 0.254 e. The largest absolute Gasteiger partial charge is 0.493 e. The summed E-state index contributed by atoms with van der Waals surface area (Å²) in [5.74, 6) is 1.77. The number of amides is 1. The Morgan fingerprint density at radius 1 is 1.00 bits per heavy atom. The monoisotopic (exact) mass is 377 g/mol. The van der Waals surface area contributed by atoms with Crippen molar-refractivity contribution >= 4 is 17.4 Å². The number of anilines is 2. The maximum absolute atomic E-state index is 12.8. The second-order valence-electron chi connectivity index (χ2n) is 6.27. The Kier molecular flexibility index (Phi) is 6.11. The lowest BCUT2D eigenvalue weighted by Gasteiger charge is -2.18. The van der Waals surface area contributed by atoms with E-state index >= 15 is 0 Å². The number of benzene rings is 2. The van der Waals surface area contributed by atoms with Crippen LogP contribution in [0.3, 0.4) is 0 Å². The Hall–Kier alpha value is -3.54. The van der Waals surface area contributed by atoms with E-state index in [9.17, 15) is 4.79 Å². The number of ether oxygens (including phenoxy) is 2. The van der Waals surface area contributed by atoms with Gasteiger partial charge in [0.05, 0.1) is 14.2 Å². The van der Waals surface area contributed by atoms with E-state index in [0.29, 0.717) is 29.4 Å². The molecule has 0 spiro atoms. The molecule has 2 aromatic carbocycles. The van der Waals surface area contributed by atoms with Gasteiger partial charge < -0.3 is 19.7 Å². The van der Waals surface area contributed by atoms with Crippen molar-refractivity contribution < 1.29 is 14.3 Å². The molecule has 0 unspecified atom stereocenters. The summed E-state index contributed by atoms with van der Waals surface area (Å²) in [6, 6.07) is 18.8. The molecule has 1 aromatic heterocycles. The first-order valence-corrected chi connectivity index (χ1v) is 8.85. The molecule has 0 aliphatic rings. The fraction of sp³-hybridized carbons (Fsp3) is 0.182. The average molecular weight is 377 g/mol. The second-order valence-corrected chi connectivity index (χ2v) is 6.27. The van der Waals surface area contributed by atoms with Crippen LogP contribution >= 0.6 is 0 Å². The van der Waals surface area contributed by atoms with E-state index in [1.165, 1.54) is 0 Å². The van der Waals surface area contributed by atoms with E-state index in [4.69, 9.17) is 9.47 Å². The minimum absolute atomic E-state index is 0.0679. The highest BCUT2D eigenvalue weighted by atomic mass is 16.5. The van der Waals surface area contributed by atoms with Crippen LogP contribution in [0.2, 0.25) is 0 Å². The van der Waals surface area contributed by atoms with Gasteiger partial charge in [-0.15, -0.1) is 0 Å². The van der Waals surface area contributed by atoms with Gasteiger partial charge >= 0.3 is 0 Å². The van der Waals surface area contributed by atoms with Crippen molar-refractivity contribution in [2.45, 2.75) is 6.54 Å². The minimum atomic E-state index is -0.0679. The third-order valence-electron chi connectivity index (χ3n) is 4.27. The van der Waals surface area contributed by atoms with Gasteiger partial charge in [0.25, 0.3) is 5.91 Å². The van der Waals surface area contributed by atoms with Gasteiger partial charge in [-0.1, -0.05) is 30.3 Å². The van der Waals surface area contributed by atoms with Crippen LogP contribution < -0.4 is 14.8 Å². The van der Waals surface area contributed by atoms with Crippen molar-refractivity contribution in [1.29, 1.82) is 0 Å². The summed E-state index contributed by atoms with van der Waals surface area (Å²) in [5, 5.41) is 3.20. The Balaban J connectivity index is 1.74. The Bertz CT molecular complexity index is 945. The van der Waals surface area contributed by atoms with Gasteiger partial charge in [-0.25, -0.2) is 4.98 Å². The fourth-order valence-electron chi connectivity index (χ4n) is 2.84. The summed E-state index contributed by atoms with van der Waals surface area (Å²) in [4.78, 5) is 18.8. The van der Waals surface area contributed by atoms with Gasteiger partial charge in [0.1, 0.15) is 5.82 Å². The molecule has 0 aliphatic heterocycles. The van der Waals surface area contributed by atoms with Gasteiger partial charge in [-0.3, -0.25) is 4.79 Å². The van der Waals surface area contributed by atoms with E-state index in [1.807, 2.05) is 48.5 Å². The molecule has 0 aliphatic carbocycles. The molecule has 144 valence electrons. The smallest absolute Gasteiger partial charge is 0.254 e. The van der Waals surface area contributed by atoms with Crippen molar-refractivity contribution in [3.05, 3.63) is 78.0 Å². The zero-order valence-corrected chi connectivity index (χ0v) is 16.2. The number of methoxy groups -OCH3 is 2. The maximum atomic E-state index is 12.8. The lowest BCUT2D eigenvalue weighted by molar-refractivity contribution is 0.0785. The predicted octanol–water partition coefficient (Wildman–Crippen LogP) is 4.11. The van der Waals surface area contributed by atoms with Crippen molar-refractivity contribution in [2.75, 3.05) is 26.6 Å². The van der Waals surface area contributed by atoms with Crippen LogP contribution in [0.4, 0.5) is 11.5 Å². The molecule has 1 amide bonds. The highest BCUT2D eigenvalue weighted by Gasteiger charge is 2.13. The number of rotatable bonds is 7. The van der Waals surface area contributed by atoms with Crippen LogP contribution in [0.25, 0.3) is 0 Å². The SMILES string of the molecule is COc1ccc(Nc2cc(C(=O)N(C)Cc3ccccc3)ccn2)cc1OC. The van der Waals surface area contributed by atoms with Gasteiger partial charge in [-0.2, -0.15) is 0 Å². The third-order valence-corrected chi connectivity index (χ3v) is 4.27. The van der Waals surface area contributed by atoms with Crippen molar-refractivity contribution in [3.63, 3.8) is 0 Å². The van der Waals surface area contributed by atoms with E-state index in [2.05, 4.69) is 10.3 Å². The Morgan fingerprint density at radius 3 is 2.46 bits per heavy atom. The number of carbonyl (C=O) groups is 1. The van der Waals surface area contributed by atoms with Crippen LogP contribution in [0.1, 0.15) is 15.9 Å². The Morgan fingerprint density at radius 2 is 1.75 bits per heavy atom. The van der Waals surface area contributed by atoms with Crippen LogP contribution in [0.15, 0.2) is 66.9 Å². The van der Waals surface area contributed by atoms with Crippen LogP contribution in [0.5, 0.6) is 11.5 Å².